The lowest BCUT2D eigenvalue weighted by Gasteiger charge is -2.30. The smallest absolute Gasteiger partial charge is 0.409 e. The van der Waals surface area contributed by atoms with Crippen molar-refractivity contribution in [3.8, 4) is 0 Å². The van der Waals surface area contributed by atoms with Crippen molar-refractivity contribution >= 4 is 12.2 Å². The molecule has 14 heavy (non-hydrogen) atoms. The summed E-state index contributed by atoms with van der Waals surface area (Å²) in [6.07, 6.45) is 3.15. The van der Waals surface area contributed by atoms with E-state index in [9.17, 15) is 9.59 Å². The second-order valence-corrected chi connectivity index (χ2v) is 3.36. The van der Waals surface area contributed by atoms with Gasteiger partial charge in [0.25, 0.3) is 0 Å². The Morgan fingerprint density at radius 3 is 3.14 bits per heavy atom. The average Bonchev–Trinajstić information content (AvgIpc) is 2.25. The van der Waals surface area contributed by atoms with E-state index in [0.717, 1.165) is 19.4 Å². The number of aliphatic imine (C=N–C) groups is 1. The van der Waals surface area contributed by atoms with Gasteiger partial charge in [-0.3, -0.25) is 0 Å². The topological polar surface area (TPSA) is 59.0 Å². The van der Waals surface area contributed by atoms with Crippen LogP contribution in [0.4, 0.5) is 4.79 Å². The molecule has 1 heterocycles. The molecule has 1 rings (SSSR count). The highest BCUT2D eigenvalue weighted by Crippen LogP contribution is 2.16. The number of rotatable bonds is 2. The van der Waals surface area contributed by atoms with Crippen LogP contribution >= 0.6 is 0 Å². The Kier molecular flexibility index (Phi) is 4.13. The number of likely N-dealkylation sites (tertiary alicyclic amines) is 1. The Bertz CT molecular complexity index is 248. The summed E-state index contributed by atoms with van der Waals surface area (Å²) in [5.74, 6) is 0.268. The minimum atomic E-state index is -0.301. The van der Waals surface area contributed by atoms with E-state index in [-0.39, 0.29) is 12.0 Å². The normalized spacial score (nSPS) is 21.2. The maximum absolute atomic E-state index is 11.2. The Morgan fingerprint density at radius 1 is 1.71 bits per heavy atom. The lowest BCUT2D eigenvalue weighted by Crippen LogP contribution is -2.40. The molecule has 0 N–H and O–H groups in total. The maximum atomic E-state index is 11.2. The summed E-state index contributed by atoms with van der Waals surface area (Å²) in [5.41, 5.74) is 0. The van der Waals surface area contributed by atoms with Crippen molar-refractivity contribution in [3.05, 3.63) is 0 Å². The molecule has 1 aliphatic rings. The molecule has 5 nitrogen and oxygen atoms in total. The van der Waals surface area contributed by atoms with Crippen molar-refractivity contribution in [2.75, 3.05) is 26.7 Å². The number of ether oxygens (including phenoxy) is 1. The van der Waals surface area contributed by atoms with Crippen LogP contribution in [0, 0.1) is 5.92 Å². The molecule has 0 aromatic rings. The molecule has 0 bridgehead atoms. The highest BCUT2D eigenvalue weighted by Gasteiger charge is 2.23. The molecule has 0 aromatic heterocycles. The van der Waals surface area contributed by atoms with Crippen LogP contribution in [0.3, 0.4) is 0 Å². The monoisotopic (exact) mass is 198 g/mol. The molecule has 1 atom stereocenters. The van der Waals surface area contributed by atoms with E-state index in [2.05, 4.69) is 9.73 Å². The lowest BCUT2D eigenvalue weighted by atomic mass is 9.99. The van der Waals surface area contributed by atoms with Gasteiger partial charge in [-0.2, -0.15) is 0 Å². The van der Waals surface area contributed by atoms with Crippen LogP contribution in [0.2, 0.25) is 0 Å². The van der Waals surface area contributed by atoms with E-state index in [1.807, 2.05) is 0 Å². The Morgan fingerprint density at radius 2 is 2.50 bits per heavy atom. The van der Waals surface area contributed by atoms with Crippen LogP contribution in [0.25, 0.3) is 0 Å². The van der Waals surface area contributed by atoms with Gasteiger partial charge in [0.15, 0.2) is 0 Å². The van der Waals surface area contributed by atoms with Crippen LogP contribution in [-0.4, -0.2) is 43.8 Å². The molecule has 1 aliphatic heterocycles. The van der Waals surface area contributed by atoms with Gasteiger partial charge in [0.05, 0.1) is 13.7 Å². The summed E-state index contributed by atoms with van der Waals surface area (Å²) in [4.78, 5) is 26.3. The number of isocyanates is 1. The summed E-state index contributed by atoms with van der Waals surface area (Å²) in [5, 5.41) is 0. The summed E-state index contributed by atoms with van der Waals surface area (Å²) in [6, 6.07) is 0. The largest absolute Gasteiger partial charge is 0.453 e. The van der Waals surface area contributed by atoms with Crippen LogP contribution in [-0.2, 0) is 9.53 Å². The third-order valence-corrected chi connectivity index (χ3v) is 2.37. The minimum Gasteiger partial charge on any atom is -0.453 e. The summed E-state index contributed by atoms with van der Waals surface area (Å²) in [7, 11) is 1.37. The van der Waals surface area contributed by atoms with Crippen molar-refractivity contribution in [3.63, 3.8) is 0 Å². The van der Waals surface area contributed by atoms with Crippen molar-refractivity contribution in [2.45, 2.75) is 12.8 Å². The van der Waals surface area contributed by atoms with Gasteiger partial charge in [-0.1, -0.05) is 0 Å². The van der Waals surface area contributed by atoms with Crippen LogP contribution in [0.15, 0.2) is 4.99 Å². The number of hydrogen-bond acceptors (Lipinski definition) is 4. The molecule has 0 saturated carbocycles. The quantitative estimate of drug-likeness (QED) is 0.487. The molecule has 1 amide bonds. The Labute approximate surface area is 82.7 Å². The van der Waals surface area contributed by atoms with Gasteiger partial charge < -0.3 is 9.64 Å². The molecule has 5 heteroatoms. The second kappa shape index (κ2) is 5.40. The van der Waals surface area contributed by atoms with E-state index >= 15 is 0 Å². The minimum absolute atomic E-state index is 0.268. The first-order valence-electron chi connectivity index (χ1n) is 4.64. The fourth-order valence-electron chi connectivity index (χ4n) is 1.68. The van der Waals surface area contributed by atoms with Crippen molar-refractivity contribution in [1.29, 1.82) is 0 Å². The molecule has 1 saturated heterocycles. The van der Waals surface area contributed by atoms with Crippen molar-refractivity contribution in [1.82, 2.24) is 4.90 Å². The molecule has 1 fully saturated rings. The molecule has 78 valence electrons. The molecule has 1 unspecified atom stereocenters. The fourth-order valence-corrected chi connectivity index (χ4v) is 1.68. The zero-order valence-electron chi connectivity index (χ0n) is 8.23. The summed E-state index contributed by atoms with van der Waals surface area (Å²) < 4.78 is 4.62. The Hall–Kier alpha value is -1.35. The van der Waals surface area contributed by atoms with E-state index in [0.29, 0.717) is 13.1 Å². The van der Waals surface area contributed by atoms with Gasteiger partial charge in [-0.05, 0) is 18.8 Å². The highest BCUT2D eigenvalue weighted by molar-refractivity contribution is 5.67. The molecular weight excluding hydrogens is 184 g/mol. The standard InChI is InChI=1S/C9H14N2O3/c1-14-9(13)11-4-2-3-8(6-11)5-10-7-12/h8H,2-6H2,1H3. The van der Waals surface area contributed by atoms with E-state index in [1.165, 1.54) is 13.2 Å². The maximum Gasteiger partial charge on any atom is 0.409 e. The van der Waals surface area contributed by atoms with E-state index in [4.69, 9.17) is 0 Å². The number of piperidine rings is 1. The van der Waals surface area contributed by atoms with E-state index < -0.39 is 0 Å². The molecular formula is C9H14N2O3. The number of hydrogen-bond donors (Lipinski definition) is 0. The van der Waals surface area contributed by atoms with Gasteiger partial charge in [-0.15, -0.1) is 0 Å². The summed E-state index contributed by atoms with van der Waals surface area (Å²) >= 11 is 0. The zero-order valence-corrected chi connectivity index (χ0v) is 8.23. The molecule has 0 radical (unpaired) electrons. The first-order chi connectivity index (χ1) is 6.77. The predicted molar refractivity (Wildman–Crippen MR) is 49.7 cm³/mol. The van der Waals surface area contributed by atoms with E-state index in [1.54, 1.807) is 4.90 Å². The van der Waals surface area contributed by atoms with Crippen molar-refractivity contribution in [2.24, 2.45) is 10.9 Å². The van der Waals surface area contributed by atoms with Gasteiger partial charge in [0.1, 0.15) is 0 Å². The predicted octanol–water partition coefficient (Wildman–Crippen LogP) is 0.801. The number of methoxy groups -OCH3 is 1. The SMILES string of the molecule is COC(=O)N1CCCC(CN=C=O)C1. The first kappa shape index (κ1) is 10.7. The molecule has 0 aromatic carbocycles. The van der Waals surface area contributed by atoms with Crippen molar-refractivity contribution < 1.29 is 14.3 Å². The molecule has 0 aliphatic carbocycles. The number of amides is 1. The summed E-state index contributed by atoms with van der Waals surface area (Å²) in [6.45, 7) is 1.81. The van der Waals surface area contributed by atoms with Gasteiger partial charge in [0.2, 0.25) is 6.08 Å². The number of nitrogens with zero attached hydrogens (tertiary/aromatic N) is 2. The molecule has 0 spiro atoms. The van der Waals surface area contributed by atoms with Crippen LogP contribution in [0.5, 0.6) is 0 Å². The third-order valence-electron chi connectivity index (χ3n) is 2.37. The Balaban J connectivity index is 2.42. The van der Waals surface area contributed by atoms with Gasteiger partial charge in [-0.25, -0.2) is 14.6 Å². The van der Waals surface area contributed by atoms with Gasteiger partial charge >= 0.3 is 6.09 Å². The zero-order chi connectivity index (χ0) is 10.4. The second-order valence-electron chi connectivity index (χ2n) is 3.36. The fraction of sp³-hybridized carbons (Fsp3) is 0.778. The number of carbonyl (C=O) groups excluding carboxylic acids is 2. The highest BCUT2D eigenvalue weighted by atomic mass is 16.5. The van der Waals surface area contributed by atoms with Crippen LogP contribution < -0.4 is 0 Å². The van der Waals surface area contributed by atoms with Crippen LogP contribution in [0.1, 0.15) is 12.8 Å². The lowest BCUT2D eigenvalue weighted by molar-refractivity contribution is 0.103. The third kappa shape index (κ3) is 2.85. The first-order valence-corrected chi connectivity index (χ1v) is 4.64. The number of carbonyl (C=O) groups is 1. The average molecular weight is 198 g/mol. The van der Waals surface area contributed by atoms with Gasteiger partial charge in [0, 0.05) is 13.1 Å².